The Balaban J connectivity index is 1.32. The zero-order chi connectivity index (χ0) is 29.1. The molecule has 4 heterocycles. The van der Waals surface area contributed by atoms with Crippen molar-refractivity contribution in [1.82, 2.24) is 9.78 Å². The standard InChI is InChI=1S/C35H33N5O3/c1-22-31-32(27-21-43-30-18-17-25(42-2)19-26(30)33(27)41)39-29-16-10-9-15-28(29)38(20-23-11-5-3-6-12-23)35(39)36-34(31)40(37-22)24-13-7-4-8-14-24/h3-16,21,25-26,30,32H,17-20H2,1-2H3. The summed E-state index contributed by atoms with van der Waals surface area (Å²) in [5.74, 6) is 1.39. The summed E-state index contributed by atoms with van der Waals surface area (Å²) < 4.78 is 14.0. The van der Waals surface area contributed by atoms with Crippen LogP contribution in [0.5, 0.6) is 0 Å². The Kier molecular flexibility index (Phi) is 6.19. The minimum absolute atomic E-state index is 0.0589. The maximum atomic E-state index is 14.5. The highest BCUT2D eigenvalue weighted by Crippen LogP contribution is 2.52. The molecule has 1 saturated carbocycles. The molecular weight excluding hydrogens is 538 g/mol. The first-order valence-corrected chi connectivity index (χ1v) is 15.0. The van der Waals surface area contributed by atoms with Gasteiger partial charge in [0, 0.05) is 12.7 Å². The maximum Gasteiger partial charge on any atom is 0.213 e. The van der Waals surface area contributed by atoms with E-state index in [0.717, 1.165) is 52.9 Å². The summed E-state index contributed by atoms with van der Waals surface area (Å²) in [5, 5.41) is 5.00. The lowest BCUT2D eigenvalue weighted by atomic mass is 9.76. The molecule has 4 atom stereocenters. The molecule has 216 valence electrons. The second-order valence-corrected chi connectivity index (χ2v) is 11.7. The number of fused-ring (bicyclic) bond motifs is 5. The predicted octanol–water partition coefficient (Wildman–Crippen LogP) is 6.42. The number of hydrogen-bond donors (Lipinski definition) is 0. The Hall–Kier alpha value is -4.69. The van der Waals surface area contributed by atoms with Gasteiger partial charge < -0.3 is 14.4 Å². The molecule has 8 heteroatoms. The van der Waals surface area contributed by atoms with Crippen molar-refractivity contribution in [3.05, 3.63) is 114 Å². The molecule has 0 amide bonds. The van der Waals surface area contributed by atoms with Crippen molar-refractivity contribution in [2.45, 2.75) is 51.0 Å². The molecular formula is C35H33N5O3. The number of nitrogens with zero attached hydrogens (tertiary/aromatic N) is 5. The molecule has 0 N–H and O–H groups in total. The number of hydrogen-bond acceptors (Lipinski definition) is 7. The lowest BCUT2D eigenvalue weighted by Gasteiger charge is -2.41. The molecule has 0 bridgehead atoms. The number of aryl methyl sites for hydroxylation is 1. The van der Waals surface area contributed by atoms with E-state index in [9.17, 15) is 4.79 Å². The molecule has 3 aliphatic heterocycles. The first-order chi connectivity index (χ1) is 21.1. The van der Waals surface area contributed by atoms with Gasteiger partial charge in [0.25, 0.3) is 0 Å². The summed E-state index contributed by atoms with van der Waals surface area (Å²) >= 11 is 0. The third-order valence-corrected chi connectivity index (χ3v) is 9.25. The van der Waals surface area contributed by atoms with Gasteiger partial charge in [-0.1, -0.05) is 60.7 Å². The van der Waals surface area contributed by atoms with E-state index in [1.54, 1.807) is 13.4 Å². The summed E-state index contributed by atoms with van der Waals surface area (Å²) in [6.07, 6.45) is 4.04. The number of aliphatic imine (C=N–C) groups is 1. The average molecular weight is 572 g/mol. The van der Waals surface area contributed by atoms with E-state index >= 15 is 0 Å². The zero-order valence-corrected chi connectivity index (χ0v) is 24.3. The van der Waals surface area contributed by atoms with Gasteiger partial charge in [0.05, 0.1) is 59.2 Å². The predicted molar refractivity (Wildman–Crippen MR) is 166 cm³/mol. The lowest BCUT2D eigenvalue weighted by Crippen LogP contribution is -2.47. The number of rotatable bonds is 5. The summed E-state index contributed by atoms with van der Waals surface area (Å²) in [7, 11) is 1.73. The van der Waals surface area contributed by atoms with E-state index < -0.39 is 6.04 Å². The van der Waals surface area contributed by atoms with E-state index in [1.807, 2.05) is 54.1 Å². The van der Waals surface area contributed by atoms with Crippen molar-refractivity contribution in [3.63, 3.8) is 0 Å². The number of carbonyl (C=O) groups is 1. The third kappa shape index (κ3) is 4.12. The van der Waals surface area contributed by atoms with Gasteiger partial charge in [-0.15, -0.1) is 0 Å². The number of guanidine groups is 1. The van der Waals surface area contributed by atoms with Gasteiger partial charge in [-0.2, -0.15) is 10.1 Å². The number of ether oxygens (including phenoxy) is 2. The highest BCUT2D eigenvalue weighted by atomic mass is 16.5. The van der Waals surface area contributed by atoms with Crippen LogP contribution in [-0.4, -0.2) is 40.8 Å². The molecule has 1 aromatic heterocycles. The molecule has 3 aromatic carbocycles. The molecule has 0 spiro atoms. The average Bonchev–Trinajstić information content (AvgIpc) is 3.55. The number of methoxy groups -OCH3 is 1. The molecule has 4 aliphatic rings. The normalized spacial score (nSPS) is 23.9. The zero-order valence-electron chi connectivity index (χ0n) is 24.3. The highest BCUT2D eigenvalue weighted by Gasteiger charge is 2.50. The molecule has 43 heavy (non-hydrogen) atoms. The van der Waals surface area contributed by atoms with Crippen LogP contribution < -0.4 is 9.80 Å². The van der Waals surface area contributed by atoms with Crippen molar-refractivity contribution in [1.29, 1.82) is 0 Å². The SMILES string of the molecule is COC1CCC2OC=C(C3c4c(C)nn(-c5ccccc5)c4N=C4N(Cc5ccccc5)c5ccccc5N43)C(=O)C2C1. The number of aromatic nitrogens is 2. The van der Waals surface area contributed by atoms with E-state index in [2.05, 4.69) is 52.3 Å². The second kappa shape index (κ2) is 10.2. The summed E-state index contributed by atoms with van der Waals surface area (Å²) in [4.78, 5) is 24.3. The molecule has 1 aliphatic carbocycles. The van der Waals surface area contributed by atoms with Crippen LogP contribution in [0.25, 0.3) is 5.69 Å². The van der Waals surface area contributed by atoms with Crippen LogP contribution in [0.4, 0.5) is 17.2 Å². The van der Waals surface area contributed by atoms with Crippen molar-refractivity contribution in [2.75, 3.05) is 16.9 Å². The molecule has 8 rings (SSSR count). The van der Waals surface area contributed by atoms with Crippen LogP contribution in [0.15, 0.2) is 102 Å². The molecule has 0 saturated heterocycles. The van der Waals surface area contributed by atoms with Gasteiger partial charge in [0.1, 0.15) is 6.10 Å². The second-order valence-electron chi connectivity index (χ2n) is 11.7. The van der Waals surface area contributed by atoms with Crippen LogP contribution in [0.1, 0.15) is 42.1 Å². The minimum Gasteiger partial charge on any atom is -0.497 e. The number of anilines is 2. The Morgan fingerprint density at radius 3 is 2.42 bits per heavy atom. The van der Waals surface area contributed by atoms with Crippen LogP contribution in [0, 0.1) is 12.8 Å². The minimum atomic E-state index is -0.446. The smallest absolute Gasteiger partial charge is 0.213 e. The Morgan fingerprint density at radius 2 is 1.65 bits per heavy atom. The number of Topliss-reactive ketones (excluding diaryl/α,β-unsaturated/α-hetero) is 1. The fraction of sp³-hybridized carbons (Fsp3) is 0.286. The molecule has 4 unspecified atom stereocenters. The maximum absolute atomic E-state index is 14.5. The van der Waals surface area contributed by atoms with Crippen LogP contribution in [-0.2, 0) is 20.8 Å². The molecule has 0 radical (unpaired) electrons. The van der Waals surface area contributed by atoms with Crippen molar-refractivity contribution >= 4 is 28.9 Å². The van der Waals surface area contributed by atoms with E-state index in [-0.39, 0.29) is 23.9 Å². The van der Waals surface area contributed by atoms with Crippen molar-refractivity contribution in [2.24, 2.45) is 10.9 Å². The lowest BCUT2D eigenvalue weighted by molar-refractivity contribution is -0.130. The summed E-state index contributed by atoms with van der Waals surface area (Å²) in [6, 6.07) is 28.4. The fourth-order valence-electron chi connectivity index (χ4n) is 7.14. The molecule has 8 nitrogen and oxygen atoms in total. The van der Waals surface area contributed by atoms with Crippen LogP contribution in [0.3, 0.4) is 0 Å². The number of para-hydroxylation sites is 3. The Bertz CT molecular complexity index is 1760. The van der Waals surface area contributed by atoms with Gasteiger partial charge in [-0.3, -0.25) is 9.69 Å². The summed E-state index contributed by atoms with van der Waals surface area (Å²) in [5.41, 5.74) is 6.54. The van der Waals surface area contributed by atoms with E-state index in [0.29, 0.717) is 18.5 Å². The highest BCUT2D eigenvalue weighted by molar-refractivity contribution is 6.19. The quantitative estimate of drug-likeness (QED) is 0.275. The third-order valence-electron chi connectivity index (χ3n) is 9.25. The van der Waals surface area contributed by atoms with Gasteiger partial charge in [0.15, 0.2) is 11.6 Å². The van der Waals surface area contributed by atoms with Gasteiger partial charge in [0.2, 0.25) is 5.96 Å². The first-order valence-electron chi connectivity index (χ1n) is 15.0. The van der Waals surface area contributed by atoms with Crippen LogP contribution in [0.2, 0.25) is 0 Å². The van der Waals surface area contributed by atoms with E-state index in [4.69, 9.17) is 19.6 Å². The molecule has 4 aromatic rings. The largest absolute Gasteiger partial charge is 0.497 e. The topological polar surface area (TPSA) is 72.2 Å². The van der Waals surface area contributed by atoms with Gasteiger partial charge in [-0.25, -0.2) is 4.68 Å². The molecule has 1 fully saturated rings. The first kappa shape index (κ1) is 26.0. The van der Waals surface area contributed by atoms with Crippen LogP contribution >= 0.6 is 0 Å². The summed E-state index contributed by atoms with van der Waals surface area (Å²) in [6.45, 7) is 2.64. The van der Waals surface area contributed by atoms with Gasteiger partial charge >= 0.3 is 0 Å². The van der Waals surface area contributed by atoms with Gasteiger partial charge in [-0.05, 0) is 56.0 Å². The van der Waals surface area contributed by atoms with E-state index in [1.165, 1.54) is 5.56 Å². The van der Waals surface area contributed by atoms with Crippen molar-refractivity contribution in [3.8, 4) is 5.69 Å². The number of carbonyl (C=O) groups excluding carboxylic acids is 1. The number of benzene rings is 3. The fourth-order valence-corrected chi connectivity index (χ4v) is 7.14. The van der Waals surface area contributed by atoms with Crippen molar-refractivity contribution < 1.29 is 14.3 Å². The Labute approximate surface area is 250 Å². The monoisotopic (exact) mass is 571 g/mol. The number of ketones is 1. The Morgan fingerprint density at radius 1 is 0.930 bits per heavy atom.